The highest BCUT2D eigenvalue weighted by Crippen LogP contribution is 2.28. The summed E-state index contributed by atoms with van der Waals surface area (Å²) in [6, 6.07) is 23.1. The van der Waals surface area contributed by atoms with E-state index in [1.807, 2.05) is 29.0 Å². The molecule has 0 spiro atoms. The monoisotopic (exact) mass is 348 g/mol. The van der Waals surface area contributed by atoms with E-state index < -0.39 is 0 Å². The summed E-state index contributed by atoms with van der Waals surface area (Å²) in [4.78, 5) is 0. The first-order chi connectivity index (χ1) is 10.8. The summed E-state index contributed by atoms with van der Waals surface area (Å²) in [5.74, 6) is 0. The van der Waals surface area contributed by atoms with Crippen molar-refractivity contribution < 1.29 is 0 Å². The molecule has 22 heavy (non-hydrogen) atoms. The van der Waals surface area contributed by atoms with Crippen molar-refractivity contribution in [2.45, 2.75) is 0 Å². The third-order valence-corrected chi connectivity index (χ3v) is 4.28. The van der Waals surface area contributed by atoms with Gasteiger partial charge in [-0.2, -0.15) is 5.10 Å². The highest BCUT2D eigenvalue weighted by Gasteiger charge is 2.07. The Kier molecular flexibility index (Phi) is 3.28. The smallest absolute Gasteiger partial charge is 0.0751 e. The van der Waals surface area contributed by atoms with Gasteiger partial charge in [0.25, 0.3) is 0 Å². The van der Waals surface area contributed by atoms with Crippen molar-refractivity contribution in [3.05, 3.63) is 83.6 Å². The van der Waals surface area contributed by atoms with Gasteiger partial charge in [-0.15, -0.1) is 0 Å². The largest absolute Gasteiger partial charge is 0.240 e. The van der Waals surface area contributed by atoms with Crippen LogP contribution in [0, 0.1) is 0 Å². The lowest BCUT2D eigenvalue weighted by Gasteiger charge is -2.04. The molecule has 0 N–H and O–H groups in total. The van der Waals surface area contributed by atoms with Gasteiger partial charge in [0, 0.05) is 16.2 Å². The summed E-state index contributed by atoms with van der Waals surface area (Å²) < 4.78 is 2.95. The molecule has 2 nitrogen and oxygen atoms in total. The van der Waals surface area contributed by atoms with E-state index in [1.165, 1.54) is 16.7 Å². The predicted molar refractivity (Wildman–Crippen MR) is 93.8 cm³/mol. The fourth-order valence-electron chi connectivity index (χ4n) is 2.65. The third-order valence-electron chi connectivity index (χ3n) is 3.79. The molecule has 0 amide bonds. The van der Waals surface area contributed by atoms with Gasteiger partial charge in [-0.05, 0) is 28.8 Å². The lowest BCUT2D eigenvalue weighted by atomic mass is 10.0. The molecule has 4 aromatic rings. The lowest BCUT2D eigenvalue weighted by Crippen LogP contribution is -1.85. The zero-order valence-corrected chi connectivity index (χ0v) is 13.4. The average Bonchev–Trinajstić information content (AvgIpc) is 2.99. The molecule has 0 aliphatic rings. The van der Waals surface area contributed by atoms with Gasteiger partial charge in [-0.3, -0.25) is 0 Å². The van der Waals surface area contributed by atoms with Crippen molar-refractivity contribution in [3.8, 4) is 22.3 Å². The number of aromatic nitrogens is 2. The van der Waals surface area contributed by atoms with Gasteiger partial charge in [0.1, 0.15) is 0 Å². The minimum absolute atomic E-state index is 1.06. The number of hydrogen-bond donors (Lipinski definition) is 0. The van der Waals surface area contributed by atoms with E-state index in [4.69, 9.17) is 0 Å². The van der Waals surface area contributed by atoms with Crippen LogP contribution < -0.4 is 0 Å². The maximum Gasteiger partial charge on any atom is 0.0751 e. The molecule has 2 heterocycles. The van der Waals surface area contributed by atoms with Crippen molar-refractivity contribution in [2.24, 2.45) is 0 Å². The normalized spacial score (nSPS) is 11.0. The molecule has 2 aromatic carbocycles. The second-order valence-electron chi connectivity index (χ2n) is 5.18. The van der Waals surface area contributed by atoms with Crippen molar-refractivity contribution in [1.82, 2.24) is 9.61 Å². The minimum Gasteiger partial charge on any atom is -0.240 e. The van der Waals surface area contributed by atoms with Crippen molar-refractivity contribution in [3.63, 3.8) is 0 Å². The van der Waals surface area contributed by atoms with Gasteiger partial charge < -0.3 is 0 Å². The molecule has 4 rings (SSSR count). The van der Waals surface area contributed by atoms with Gasteiger partial charge in [-0.25, -0.2) is 4.52 Å². The van der Waals surface area contributed by atoms with Gasteiger partial charge >= 0.3 is 0 Å². The molecular formula is C19H13BrN2. The van der Waals surface area contributed by atoms with Crippen LogP contribution in [0.1, 0.15) is 0 Å². The molecule has 106 valence electrons. The summed E-state index contributed by atoms with van der Waals surface area (Å²) in [5, 5.41) is 4.41. The van der Waals surface area contributed by atoms with E-state index in [0.29, 0.717) is 0 Å². The third kappa shape index (κ3) is 2.34. The fourth-order valence-corrected chi connectivity index (χ4v) is 2.99. The van der Waals surface area contributed by atoms with Gasteiger partial charge in [0.05, 0.1) is 11.7 Å². The molecule has 0 bridgehead atoms. The molecule has 0 fully saturated rings. The van der Waals surface area contributed by atoms with Gasteiger partial charge in [-0.1, -0.05) is 70.5 Å². The minimum atomic E-state index is 1.06. The van der Waals surface area contributed by atoms with E-state index in [0.717, 1.165) is 15.6 Å². The molecule has 0 aliphatic heterocycles. The number of fused-ring (bicyclic) bond motifs is 1. The predicted octanol–water partition coefficient (Wildman–Crippen LogP) is 5.43. The average molecular weight is 349 g/mol. The van der Waals surface area contributed by atoms with Crippen molar-refractivity contribution in [1.29, 1.82) is 0 Å². The molecular weight excluding hydrogens is 336 g/mol. The molecule has 0 aliphatic carbocycles. The summed E-state index contributed by atoms with van der Waals surface area (Å²) in [5.41, 5.74) is 5.87. The Morgan fingerprint density at radius 2 is 1.45 bits per heavy atom. The fraction of sp³-hybridized carbons (Fsp3) is 0. The molecule has 0 unspecified atom stereocenters. The molecule has 3 heteroatoms. The Morgan fingerprint density at radius 1 is 0.773 bits per heavy atom. The summed E-state index contributed by atoms with van der Waals surface area (Å²) in [6.07, 6.45) is 3.88. The van der Waals surface area contributed by atoms with E-state index >= 15 is 0 Å². The van der Waals surface area contributed by atoms with Gasteiger partial charge in [0.2, 0.25) is 0 Å². The molecule has 0 radical (unpaired) electrons. The number of hydrogen-bond acceptors (Lipinski definition) is 1. The number of pyridine rings is 1. The number of nitrogens with zero attached hydrogens (tertiary/aromatic N) is 2. The van der Waals surface area contributed by atoms with E-state index in [2.05, 4.69) is 75.6 Å². The van der Waals surface area contributed by atoms with Crippen LogP contribution in [0.3, 0.4) is 0 Å². The standard InChI is InChI=1S/C19H13BrN2/c20-17-10-11-22-19(12-17)18(13-21-22)16-8-6-15(7-9-16)14-4-2-1-3-5-14/h1-13H. The Balaban J connectivity index is 1.78. The Hall–Kier alpha value is -2.39. The number of rotatable bonds is 2. The number of halogens is 1. The lowest BCUT2D eigenvalue weighted by molar-refractivity contribution is 0.959. The first-order valence-corrected chi connectivity index (χ1v) is 7.89. The van der Waals surface area contributed by atoms with Crippen molar-refractivity contribution >= 4 is 21.4 Å². The highest BCUT2D eigenvalue weighted by atomic mass is 79.9. The van der Waals surface area contributed by atoms with Crippen LogP contribution in [-0.4, -0.2) is 9.61 Å². The summed E-state index contributed by atoms with van der Waals surface area (Å²) >= 11 is 3.52. The van der Waals surface area contributed by atoms with Crippen molar-refractivity contribution in [2.75, 3.05) is 0 Å². The van der Waals surface area contributed by atoms with Crippen LogP contribution >= 0.6 is 15.9 Å². The number of benzene rings is 2. The first kappa shape index (κ1) is 13.3. The Bertz CT molecular complexity index is 925. The SMILES string of the molecule is Brc1ccn2ncc(-c3ccc(-c4ccccc4)cc3)c2c1. The molecule has 2 aromatic heterocycles. The zero-order valence-electron chi connectivity index (χ0n) is 11.8. The Labute approximate surface area is 137 Å². The van der Waals surface area contributed by atoms with Crippen LogP contribution in [0.5, 0.6) is 0 Å². The van der Waals surface area contributed by atoms with E-state index in [9.17, 15) is 0 Å². The van der Waals surface area contributed by atoms with E-state index in [-0.39, 0.29) is 0 Å². The topological polar surface area (TPSA) is 17.3 Å². The second-order valence-corrected chi connectivity index (χ2v) is 6.09. The van der Waals surface area contributed by atoms with Crippen LogP contribution in [-0.2, 0) is 0 Å². The molecule has 0 saturated carbocycles. The first-order valence-electron chi connectivity index (χ1n) is 7.10. The van der Waals surface area contributed by atoms with Crippen LogP contribution in [0.2, 0.25) is 0 Å². The second kappa shape index (κ2) is 5.43. The van der Waals surface area contributed by atoms with E-state index in [1.54, 1.807) is 0 Å². The maximum absolute atomic E-state index is 4.41. The Morgan fingerprint density at radius 3 is 2.23 bits per heavy atom. The quantitative estimate of drug-likeness (QED) is 0.472. The summed E-state index contributed by atoms with van der Waals surface area (Å²) in [6.45, 7) is 0. The van der Waals surface area contributed by atoms with Crippen LogP contribution in [0.25, 0.3) is 27.8 Å². The van der Waals surface area contributed by atoms with Crippen LogP contribution in [0.15, 0.2) is 83.6 Å². The van der Waals surface area contributed by atoms with Gasteiger partial charge in [0.15, 0.2) is 0 Å². The van der Waals surface area contributed by atoms with Crippen LogP contribution in [0.4, 0.5) is 0 Å². The molecule has 0 saturated heterocycles. The molecule has 0 atom stereocenters. The zero-order chi connectivity index (χ0) is 14.9. The highest BCUT2D eigenvalue weighted by molar-refractivity contribution is 9.10. The maximum atomic E-state index is 4.41. The summed E-state index contributed by atoms with van der Waals surface area (Å²) in [7, 11) is 0.